The van der Waals surface area contributed by atoms with E-state index in [9.17, 15) is 4.79 Å². The van der Waals surface area contributed by atoms with Crippen molar-refractivity contribution < 1.29 is 9.90 Å². The number of carboxylic acids is 1. The highest BCUT2D eigenvalue weighted by Crippen LogP contribution is 2.11. The second-order valence-electron chi connectivity index (χ2n) is 5.31. The largest absolute Gasteiger partial charge is 0.478 e. The van der Waals surface area contributed by atoms with Crippen molar-refractivity contribution in [3.8, 4) is 0 Å². The van der Waals surface area contributed by atoms with Gasteiger partial charge in [-0.25, -0.2) is 4.79 Å². The Kier molecular flexibility index (Phi) is 5.12. The third kappa shape index (κ3) is 4.17. The highest BCUT2D eigenvalue weighted by atomic mass is 16.4. The summed E-state index contributed by atoms with van der Waals surface area (Å²) < 4.78 is 0. The van der Waals surface area contributed by atoms with Crippen molar-refractivity contribution >= 4 is 5.97 Å². The molecule has 3 heteroatoms. The van der Waals surface area contributed by atoms with Gasteiger partial charge in [-0.1, -0.05) is 36.4 Å². The standard InChI is InChI=1S/C18H21NO2/c1-13-7-8-15(11-14(13)2)12-19-10-9-16-5-3-4-6-17(16)18(20)21/h3-8,11,19H,9-10,12H2,1-2H3,(H,20,21). The van der Waals surface area contributed by atoms with Gasteiger partial charge in [-0.3, -0.25) is 0 Å². The van der Waals surface area contributed by atoms with Crippen LogP contribution in [-0.4, -0.2) is 17.6 Å². The minimum absolute atomic E-state index is 0.394. The minimum Gasteiger partial charge on any atom is -0.478 e. The van der Waals surface area contributed by atoms with Crippen LogP contribution in [0.5, 0.6) is 0 Å². The summed E-state index contributed by atoms with van der Waals surface area (Å²) in [5.41, 5.74) is 5.12. The summed E-state index contributed by atoms with van der Waals surface area (Å²) in [6, 6.07) is 13.6. The van der Waals surface area contributed by atoms with Crippen LogP contribution in [0.15, 0.2) is 42.5 Å². The predicted octanol–water partition coefficient (Wildman–Crippen LogP) is 3.33. The third-order valence-electron chi connectivity index (χ3n) is 3.72. The van der Waals surface area contributed by atoms with Crippen molar-refractivity contribution in [1.29, 1.82) is 0 Å². The lowest BCUT2D eigenvalue weighted by Gasteiger charge is -2.09. The Bertz CT molecular complexity index is 635. The Morgan fingerprint density at radius 1 is 1.10 bits per heavy atom. The number of hydrogen-bond acceptors (Lipinski definition) is 2. The van der Waals surface area contributed by atoms with Crippen LogP contribution in [-0.2, 0) is 13.0 Å². The van der Waals surface area contributed by atoms with E-state index in [-0.39, 0.29) is 0 Å². The first-order valence-corrected chi connectivity index (χ1v) is 7.16. The zero-order valence-corrected chi connectivity index (χ0v) is 12.5. The van der Waals surface area contributed by atoms with E-state index in [1.54, 1.807) is 12.1 Å². The molecule has 0 aliphatic rings. The Balaban J connectivity index is 1.87. The van der Waals surface area contributed by atoms with Crippen molar-refractivity contribution in [3.63, 3.8) is 0 Å². The number of aromatic carboxylic acids is 1. The molecule has 3 nitrogen and oxygen atoms in total. The molecule has 0 aliphatic heterocycles. The van der Waals surface area contributed by atoms with Crippen molar-refractivity contribution in [3.05, 3.63) is 70.3 Å². The molecule has 0 saturated carbocycles. The number of rotatable bonds is 6. The van der Waals surface area contributed by atoms with Gasteiger partial charge in [0.25, 0.3) is 0 Å². The van der Waals surface area contributed by atoms with Gasteiger partial charge < -0.3 is 10.4 Å². The number of carboxylic acid groups (broad SMARTS) is 1. The monoisotopic (exact) mass is 283 g/mol. The Labute approximate surface area is 125 Å². The van der Waals surface area contributed by atoms with Gasteiger partial charge in [0.15, 0.2) is 0 Å². The molecule has 0 unspecified atom stereocenters. The summed E-state index contributed by atoms with van der Waals surface area (Å²) in [5.74, 6) is -0.861. The molecule has 21 heavy (non-hydrogen) atoms. The van der Waals surface area contributed by atoms with Crippen LogP contribution in [0, 0.1) is 13.8 Å². The minimum atomic E-state index is -0.861. The van der Waals surface area contributed by atoms with Crippen LogP contribution in [0.3, 0.4) is 0 Å². The van der Waals surface area contributed by atoms with Gasteiger partial charge in [-0.2, -0.15) is 0 Å². The van der Waals surface area contributed by atoms with Crippen LogP contribution < -0.4 is 5.32 Å². The van der Waals surface area contributed by atoms with E-state index in [0.29, 0.717) is 12.0 Å². The van der Waals surface area contributed by atoms with E-state index in [0.717, 1.165) is 18.7 Å². The molecule has 0 spiro atoms. The molecular formula is C18H21NO2. The first-order chi connectivity index (χ1) is 10.1. The van der Waals surface area contributed by atoms with Crippen LogP contribution in [0.4, 0.5) is 0 Å². The molecule has 2 rings (SSSR count). The second kappa shape index (κ2) is 7.04. The molecular weight excluding hydrogens is 262 g/mol. The van der Waals surface area contributed by atoms with E-state index in [1.807, 2.05) is 12.1 Å². The number of aryl methyl sites for hydroxylation is 2. The third-order valence-corrected chi connectivity index (χ3v) is 3.72. The quantitative estimate of drug-likeness (QED) is 0.799. The van der Waals surface area contributed by atoms with E-state index in [1.165, 1.54) is 16.7 Å². The lowest BCUT2D eigenvalue weighted by molar-refractivity contribution is 0.0695. The molecule has 0 radical (unpaired) electrons. The van der Waals surface area contributed by atoms with Gasteiger partial charge in [0.2, 0.25) is 0 Å². The zero-order chi connectivity index (χ0) is 15.2. The van der Waals surface area contributed by atoms with E-state index in [2.05, 4.69) is 37.4 Å². The Hall–Kier alpha value is -2.13. The summed E-state index contributed by atoms with van der Waals surface area (Å²) in [7, 11) is 0. The van der Waals surface area contributed by atoms with E-state index >= 15 is 0 Å². The lowest BCUT2D eigenvalue weighted by atomic mass is 10.0. The molecule has 2 aromatic rings. The van der Waals surface area contributed by atoms with Crippen molar-refractivity contribution in [2.45, 2.75) is 26.8 Å². The number of benzene rings is 2. The molecule has 0 amide bonds. The van der Waals surface area contributed by atoms with Gasteiger partial charge in [-0.15, -0.1) is 0 Å². The SMILES string of the molecule is Cc1ccc(CNCCc2ccccc2C(=O)O)cc1C. The van der Waals surface area contributed by atoms with Gasteiger partial charge in [0, 0.05) is 6.54 Å². The van der Waals surface area contributed by atoms with Gasteiger partial charge >= 0.3 is 5.97 Å². The summed E-state index contributed by atoms with van der Waals surface area (Å²) in [4.78, 5) is 11.1. The maximum absolute atomic E-state index is 11.1. The van der Waals surface area contributed by atoms with Crippen LogP contribution in [0.25, 0.3) is 0 Å². The smallest absolute Gasteiger partial charge is 0.335 e. The normalized spacial score (nSPS) is 10.6. The van der Waals surface area contributed by atoms with E-state index < -0.39 is 5.97 Å². The number of nitrogens with one attached hydrogen (secondary N) is 1. The molecule has 0 aliphatic carbocycles. The lowest BCUT2D eigenvalue weighted by Crippen LogP contribution is -2.18. The molecule has 0 bridgehead atoms. The maximum Gasteiger partial charge on any atom is 0.335 e. The molecule has 0 heterocycles. The molecule has 0 fully saturated rings. The fourth-order valence-corrected chi connectivity index (χ4v) is 2.32. The summed E-state index contributed by atoms with van der Waals surface area (Å²) in [6.45, 7) is 5.78. The average Bonchev–Trinajstić information content (AvgIpc) is 2.47. The van der Waals surface area contributed by atoms with Gasteiger partial charge in [0.1, 0.15) is 0 Å². The molecule has 2 aromatic carbocycles. The number of carbonyl (C=O) groups is 1. The zero-order valence-electron chi connectivity index (χ0n) is 12.5. The topological polar surface area (TPSA) is 49.3 Å². The highest BCUT2D eigenvalue weighted by Gasteiger charge is 2.08. The summed E-state index contributed by atoms with van der Waals surface area (Å²) in [6.07, 6.45) is 0.716. The van der Waals surface area contributed by atoms with Crippen LogP contribution in [0.1, 0.15) is 32.6 Å². The molecule has 0 aromatic heterocycles. The molecule has 0 saturated heterocycles. The van der Waals surface area contributed by atoms with Gasteiger partial charge in [-0.05, 0) is 55.1 Å². The Morgan fingerprint density at radius 3 is 2.57 bits per heavy atom. The fourth-order valence-electron chi connectivity index (χ4n) is 2.32. The maximum atomic E-state index is 11.1. The van der Waals surface area contributed by atoms with Crippen LogP contribution in [0.2, 0.25) is 0 Å². The fraction of sp³-hybridized carbons (Fsp3) is 0.278. The van der Waals surface area contributed by atoms with Gasteiger partial charge in [0.05, 0.1) is 5.56 Å². The predicted molar refractivity (Wildman–Crippen MR) is 84.7 cm³/mol. The second-order valence-corrected chi connectivity index (χ2v) is 5.31. The molecule has 0 atom stereocenters. The average molecular weight is 283 g/mol. The molecule has 2 N–H and O–H groups in total. The molecule has 110 valence electrons. The van der Waals surface area contributed by atoms with Crippen molar-refractivity contribution in [2.75, 3.05) is 6.54 Å². The Morgan fingerprint density at radius 2 is 1.86 bits per heavy atom. The van der Waals surface area contributed by atoms with Crippen molar-refractivity contribution in [2.24, 2.45) is 0 Å². The number of hydrogen-bond donors (Lipinski definition) is 2. The first-order valence-electron chi connectivity index (χ1n) is 7.16. The first kappa shape index (κ1) is 15.3. The summed E-state index contributed by atoms with van der Waals surface area (Å²) in [5, 5.41) is 12.5. The highest BCUT2D eigenvalue weighted by molar-refractivity contribution is 5.89. The van der Waals surface area contributed by atoms with Crippen LogP contribution >= 0.6 is 0 Å². The summed E-state index contributed by atoms with van der Waals surface area (Å²) >= 11 is 0. The van der Waals surface area contributed by atoms with E-state index in [4.69, 9.17) is 5.11 Å². The van der Waals surface area contributed by atoms with Crippen molar-refractivity contribution in [1.82, 2.24) is 5.32 Å².